The molecular weight excluding hydrogens is 348 g/mol. The van der Waals surface area contributed by atoms with Crippen LogP contribution in [0.4, 0.5) is 5.69 Å². The third-order valence-corrected chi connectivity index (χ3v) is 5.99. The average molecular weight is 372 g/mol. The highest BCUT2D eigenvalue weighted by atomic mass is 32.1. The summed E-state index contributed by atoms with van der Waals surface area (Å²) in [6.45, 7) is 1.95. The molecule has 1 heterocycles. The summed E-state index contributed by atoms with van der Waals surface area (Å²) in [4.78, 5) is 28.5. The summed E-state index contributed by atoms with van der Waals surface area (Å²) in [5.74, 6) is 0.773. The predicted molar refractivity (Wildman–Crippen MR) is 104 cm³/mol. The number of benzene rings is 1. The number of methoxy groups -OCH3 is 1. The molecule has 0 fully saturated rings. The van der Waals surface area contributed by atoms with Crippen LogP contribution in [0.25, 0.3) is 0 Å². The fourth-order valence-corrected chi connectivity index (χ4v) is 4.44. The second kappa shape index (κ2) is 7.50. The van der Waals surface area contributed by atoms with E-state index in [0.717, 1.165) is 40.3 Å². The number of carbonyl (C=O) groups is 2. The molecule has 5 nitrogen and oxygen atoms in total. The number of hydrogen-bond donors (Lipinski definition) is 1. The number of ether oxygens (including phenoxy) is 1. The van der Waals surface area contributed by atoms with E-state index in [9.17, 15) is 9.59 Å². The van der Waals surface area contributed by atoms with E-state index in [1.165, 1.54) is 4.88 Å². The van der Waals surface area contributed by atoms with Gasteiger partial charge in [0, 0.05) is 30.6 Å². The van der Waals surface area contributed by atoms with Crippen LogP contribution in [0.3, 0.4) is 0 Å². The number of nitrogens with one attached hydrogen (secondary N) is 1. The van der Waals surface area contributed by atoms with Crippen LogP contribution in [0.1, 0.15) is 32.1 Å². The summed E-state index contributed by atoms with van der Waals surface area (Å²) < 4.78 is 5.21. The van der Waals surface area contributed by atoms with Gasteiger partial charge in [0.15, 0.2) is 0 Å². The quantitative estimate of drug-likeness (QED) is 0.893. The molecule has 0 bridgehead atoms. The maximum Gasteiger partial charge on any atom is 0.263 e. The van der Waals surface area contributed by atoms with E-state index in [0.29, 0.717) is 6.42 Å². The van der Waals surface area contributed by atoms with E-state index in [2.05, 4.69) is 5.32 Å². The summed E-state index contributed by atoms with van der Waals surface area (Å²) in [5, 5.41) is 3.04. The lowest BCUT2D eigenvalue weighted by atomic mass is 9.87. The number of thiophene rings is 1. The molecule has 138 valence electrons. The molecule has 1 aliphatic carbocycles. The Labute approximate surface area is 158 Å². The van der Waals surface area contributed by atoms with Crippen LogP contribution in [-0.2, 0) is 17.6 Å². The SMILES string of the molecule is COc1ccc(NC(=O)[C@@H]2CCc3sc(C(=O)N(C)C)cc3C2)c(C)c1. The molecule has 2 aromatic rings. The van der Waals surface area contributed by atoms with Crippen molar-refractivity contribution in [3.8, 4) is 5.75 Å². The number of aryl methyl sites for hydroxylation is 2. The Bertz CT molecular complexity index is 842. The zero-order chi connectivity index (χ0) is 18.8. The molecule has 0 unspecified atom stereocenters. The number of hydrogen-bond acceptors (Lipinski definition) is 4. The van der Waals surface area contributed by atoms with Crippen LogP contribution >= 0.6 is 11.3 Å². The highest BCUT2D eigenvalue weighted by molar-refractivity contribution is 7.14. The van der Waals surface area contributed by atoms with Crippen LogP contribution < -0.4 is 10.1 Å². The fourth-order valence-electron chi connectivity index (χ4n) is 3.21. The van der Waals surface area contributed by atoms with Gasteiger partial charge in [-0.3, -0.25) is 9.59 Å². The van der Waals surface area contributed by atoms with Crippen molar-refractivity contribution in [1.82, 2.24) is 4.90 Å². The molecule has 1 aromatic heterocycles. The van der Waals surface area contributed by atoms with Crippen LogP contribution in [0.5, 0.6) is 5.75 Å². The van der Waals surface area contributed by atoms with Gasteiger partial charge in [-0.25, -0.2) is 0 Å². The van der Waals surface area contributed by atoms with E-state index in [-0.39, 0.29) is 17.7 Å². The first kappa shape index (κ1) is 18.5. The van der Waals surface area contributed by atoms with Gasteiger partial charge in [-0.05, 0) is 61.6 Å². The molecule has 3 rings (SSSR count). The standard InChI is InChI=1S/C20H24N2O3S/c1-12-9-15(25-4)6-7-16(12)21-19(23)13-5-8-17-14(10-13)11-18(26-17)20(24)22(2)3/h6-7,9,11,13H,5,8,10H2,1-4H3,(H,21,23)/t13-/m1/s1. The molecule has 0 radical (unpaired) electrons. The number of rotatable bonds is 4. The monoisotopic (exact) mass is 372 g/mol. The molecular formula is C20H24N2O3S. The van der Waals surface area contributed by atoms with Gasteiger partial charge in [0.2, 0.25) is 5.91 Å². The topological polar surface area (TPSA) is 58.6 Å². The van der Waals surface area contributed by atoms with Crippen molar-refractivity contribution in [2.75, 3.05) is 26.5 Å². The van der Waals surface area contributed by atoms with Crippen LogP contribution in [0, 0.1) is 12.8 Å². The maximum absolute atomic E-state index is 12.7. The number of nitrogens with zero attached hydrogens (tertiary/aromatic N) is 1. The minimum atomic E-state index is -0.0686. The predicted octanol–water partition coefficient (Wildman–Crippen LogP) is 3.51. The van der Waals surface area contributed by atoms with Crippen LogP contribution in [0.2, 0.25) is 0 Å². The lowest BCUT2D eigenvalue weighted by Crippen LogP contribution is -2.27. The minimum Gasteiger partial charge on any atom is -0.497 e. The van der Waals surface area contributed by atoms with Crippen molar-refractivity contribution in [3.63, 3.8) is 0 Å². The molecule has 1 aromatic carbocycles. The fraction of sp³-hybridized carbons (Fsp3) is 0.400. The lowest BCUT2D eigenvalue weighted by molar-refractivity contribution is -0.120. The van der Waals surface area contributed by atoms with E-state index in [4.69, 9.17) is 4.74 Å². The van der Waals surface area contributed by atoms with E-state index in [1.54, 1.807) is 37.4 Å². The number of fused-ring (bicyclic) bond motifs is 1. The van der Waals surface area contributed by atoms with E-state index in [1.807, 2.05) is 31.2 Å². The van der Waals surface area contributed by atoms with Gasteiger partial charge in [-0.2, -0.15) is 0 Å². The Hall–Kier alpha value is -2.34. The molecule has 2 amide bonds. The van der Waals surface area contributed by atoms with E-state index < -0.39 is 0 Å². The zero-order valence-corrected chi connectivity index (χ0v) is 16.4. The van der Waals surface area contributed by atoms with Crippen molar-refractivity contribution in [2.24, 2.45) is 5.92 Å². The van der Waals surface area contributed by atoms with Crippen molar-refractivity contribution in [3.05, 3.63) is 45.1 Å². The molecule has 0 saturated heterocycles. The summed E-state index contributed by atoms with van der Waals surface area (Å²) >= 11 is 1.56. The van der Waals surface area contributed by atoms with Crippen molar-refractivity contribution < 1.29 is 14.3 Å². The average Bonchev–Trinajstić information content (AvgIpc) is 3.05. The maximum atomic E-state index is 12.7. The Morgan fingerprint density at radius 3 is 2.69 bits per heavy atom. The summed E-state index contributed by atoms with van der Waals surface area (Å²) in [5.41, 5.74) is 2.93. The first-order valence-electron chi connectivity index (χ1n) is 8.67. The van der Waals surface area contributed by atoms with Gasteiger partial charge in [0.25, 0.3) is 5.91 Å². The largest absolute Gasteiger partial charge is 0.497 e. The van der Waals surface area contributed by atoms with Crippen LogP contribution in [0.15, 0.2) is 24.3 Å². The van der Waals surface area contributed by atoms with Crippen LogP contribution in [-0.4, -0.2) is 37.9 Å². The van der Waals surface area contributed by atoms with Gasteiger partial charge < -0.3 is 15.0 Å². The Morgan fingerprint density at radius 2 is 2.04 bits per heavy atom. The molecule has 0 aliphatic heterocycles. The van der Waals surface area contributed by atoms with Gasteiger partial charge in [0.05, 0.1) is 12.0 Å². The molecule has 26 heavy (non-hydrogen) atoms. The Kier molecular flexibility index (Phi) is 5.32. The molecule has 1 aliphatic rings. The minimum absolute atomic E-state index is 0.0271. The first-order valence-corrected chi connectivity index (χ1v) is 9.49. The van der Waals surface area contributed by atoms with Gasteiger partial charge >= 0.3 is 0 Å². The van der Waals surface area contributed by atoms with Crippen molar-refractivity contribution in [1.29, 1.82) is 0 Å². The molecule has 6 heteroatoms. The molecule has 0 spiro atoms. The second-order valence-electron chi connectivity index (χ2n) is 6.87. The third-order valence-electron chi connectivity index (χ3n) is 4.76. The summed E-state index contributed by atoms with van der Waals surface area (Å²) in [6, 6.07) is 7.59. The third kappa shape index (κ3) is 3.75. The molecule has 1 N–H and O–H groups in total. The van der Waals surface area contributed by atoms with Gasteiger partial charge in [-0.15, -0.1) is 11.3 Å². The first-order chi connectivity index (χ1) is 12.4. The number of carbonyl (C=O) groups excluding carboxylic acids is 2. The lowest BCUT2D eigenvalue weighted by Gasteiger charge is -2.22. The zero-order valence-electron chi connectivity index (χ0n) is 15.6. The summed E-state index contributed by atoms with van der Waals surface area (Å²) in [6.07, 6.45) is 2.35. The van der Waals surface area contributed by atoms with Gasteiger partial charge in [0.1, 0.15) is 5.75 Å². The van der Waals surface area contributed by atoms with Gasteiger partial charge in [-0.1, -0.05) is 0 Å². The van der Waals surface area contributed by atoms with E-state index >= 15 is 0 Å². The second-order valence-corrected chi connectivity index (χ2v) is 8.01. The normalized spacial score (nSPS) is 15.9. The Morgan fingerprint density at radius 1 is 1.27 bits per heavy atom. The number of amides is 2. The molecule has 1 atom stereocenters. The number of anilines is 1. The van der Waals surface area contributed by atoms with Crippen molar-refractivity contribution in [2.45, 2.75) is 26.2 Å². The molecule has 0 saturated carbocycles. The Balaban J connectivity index is 1.70. The highest BCUT2D eigenvalue weighted by Crippen LogP contribution is 2.33. The summed E-state index contributed by atoms with van der Waals surface area (Å²) in [7, 11) is 5.14. The smallest absolute Gasteiger partial charge is 0.263 e. The highest BCUT2D eigenvalue weighted by Gasteiger charge is 2.28. The van der Waals surface area contributed by atoms with Crippen molar-refractivity contribution >= 4 is 28.8 Å².